The molecule has 1 aromatic rings. The first-order valence-electron chi connectivity index (χ1n) is 6.75. The van der Waals surface area contributed by atoms with Crippen LogP contribution >= 0.6 is 11.3 Å². The first kappa shape index (κ1) is 13.8. The standard InChI is InChI=1S/C13H24N4S/c1-4-11-12(8-14)18-13(15-11)17-7-5-6-10(17)9-16(2)3/h10H,4-9,14H2,1-3H3. The van der Waals surface area contributed by atoms with E-state index in [1.807, 2.05) is 0 Å². The van der Waals surface area contributed by atoms with E-state index in [-0.39, 0.29) is 0 Å². The van der Waals surface area contributed by atoms with Crippen molar-refractivity contribution in [1.29, 1.82) is 0 Å². The molecule has 0 spiro atoms. The summed E-state index contributed by atoms with van der Waals surface area (Å²) in [4.78, 5) is 10.8. The van der Waals surface area contributed by atoms with Crippen LogP contribution in [0.5, 0.6) is 0 Å². The van der Waals surface area contributed by atoms with Crippen LogP contribution in [0.4, 0.5) is 5.13 Å². The summed E-state index contributed by atoms with van der Waals surface area (Å²) in [6, 6.07) is 0.612. The fourth-order valence-electron chi connectivity index (χ4n) is 2.63. The highest BCUT2D eigenvalue weighted by molar-refractivity contribution is 7.15. The molecule has 102 valence electrons. The van der Waals surface area contributed by atoms with Crippen molar-refractivity contribution in [3.05, 3.63) is 10.6 Å². The van der Waals surface area contributed by atoms with Crippen molar-refractivity contribution in [2.24, 2.45) is 5.73 Å². The third kappa shape index (κ3) is 2.84. The zero-order valence-corrected chi connectivity index (χ0v) is 12.5. The number of aryl methyl sites for hydroxylation is 1. The molecule has 1 aliphatic heterocycles. The van der Waals surface area contributed by atoms with E-state index in [0.29, 0.717) is 12.6 Å². The molecular formula is C13H24N4S. The number of nitrogens with two attached hydrogens (primary N) is 1. The fourth-order valence-corrected chi connectivity index (χ4v) is 3.75. The monoisotopic (exact) mass is 268 g/mol. The second-order valence-corrected chi connectivity index (χ2v) is 6.24. The van der Waals surface area contributed by atoms with E-state index in [0.717, 1.165) is 19.5 Å². The number of likely N-dealkylation sites (N-methyl/N-ethyl adjacent to an activating group) is 1. The van der Waals surface area contributed by atoms with E-state index in [4.69, 9.17) is 10.7 Å². The lowest BCUT2D eigenvalue weighted by Crippen LogP contribution is -2.37. The van der Waals surface area contributed by atoms with Gasteiger partial charge < -0.3 is 15.5 Å². The maximum absolute atomic E-state index is 5.80. The Balaban J connectivity index is 2.16. The highest BCUT2D eigenvalue weighted by Gasteiger charge is 2.27. The van der Waals surface area contributed by atoms with Crippen molar-refractivity contribution in [2.75, 3.05) is 32.1 Å². The quantitative estimate of drug-likeness (QED) is 0.883. The SMILES string of the molecule is CCc1nc(N2CCCC2CN(C)C)sc1CN. The van der Waals surface area contributed by atoms with Gasteiger partial charge in [0.1, 0.15) is 0 Å². The summed E-state index contributed by atoms with van der Waals surface area (Å²) in [5.41, 5.74) is 6.99. The molecular weight excluding hydrogens is 244 g/mol. The van der Waals surface area contributed by atoms with Gasteiger partial charge in [-0.1, -0.05) is 6.92 Å². The fraction of sp³-hybridized carbons (Fsp3) is 0.769. The van der Waals surface area contributed by atoms with Gasteiger partial charge in [0.05, 0.1) is 5.69 Å². The van der Waals surface area contributed by atoms with Crippen LogP contribution in [0.2, 0.25) is 0 Å². The van der Waals surface area contributed by atoms with Gasteiger partial charge >= 0.3 is 0 Å². The summed E-state index contributed by atoms with van der Waals surface area (Å²) in [6.07, 6.45) is 3.53. The number of hydrogen-bond acceptors (Lipinski definition) is 5. The van der Waals surface area contributed by atoms with E-state index in [2.05, 4.69) is 30.8 Å². The minimum atomic E-state index is 0.612. The zero-order valence-electron chi connectivity index (χ0n) is 11.6. The number of hydrogen-bond donors (Lipinski definition) is 1. The Bertz CT molecular complexity index is 367. The number of aromatic nitrogens is 1. The molecule has 5 heteroatoms. The minimum Gasteiger partial charge on any atom is -0.344 e. The minimum absolute atomic E-state index is 0.612. The Morgan fingerprint density at radius 3 is 2.83 bits per heavy atom. The van der Waals surface area contributed by atoms with Gasteiger partial charge in [0, 0.05) is 30.6 Å². The Morgan fingerprint density at radius 2 is 2.28 bits per heavy atom. The third-order valence-corrected chi connectivity index (χ3v) is 4.64. The smallest absolute Gasteiger partial charge is 0.186 e. The van der Waals surface area contributed by atoms with E-state index >= 15 is 0 Å². The molecule has 1 aromatic heterocycles. The predicted molar refractivity (Wildman–Crippen MR) is 78.3 cm³/mol. The van der Waals surface area contributed by atoms with E-state index in [1.54, 1.807) is 11.3 Å². The lowest BCUT2D eigenvalue weighted by atomic mass is 10.2. The summed E-state index contributed by atoms with van der Waals surface area (Å²) in [7, 11) is 4.28. The molecule has 0 saturated carbocycles. The molecule has 0 bridgehead atoms. The van der Waals surface area contributed by atoms with Crippen molar-refractivity contribution >= 4 is 16.5 Å². The van der Waals surface area contributed by atoms with Crippen LogP contribution in [0.15, 0.2) is 0 Å². The summed E-state index contributed by atoms with van der Waals surface area (Å²) in [5.74, 6) is 0. The highest BCUT2D eigenvalue weighted by Crippen LogP contribution is 2.32. The van der Waals surface area contributed by atoms with Crippen LogP contribution in [-0.2, 0) is 13.0 Å². The Morgan fingerprint density at radius 1 is 1.50 bits per heavy atom. The second-order valence-electron chi connectivity index (χ2n) is 5.18. The Labute approximate surface area is 114 Å². The Kier molecular flexibility index (Phi) is 4.59. The number of rotatable bonds is 5. The summed E-state index contributed by atoms with van der Waals surface area (Å²) in [5, 5.41) is 1.18. The molecule has 0 radical (unpaired) electrons. The number of anilines is 1. The molecule has 1 atom stereocenters. The number of nitrogens with zero attached hydrogens (tertiary/aromatic N) is 3. The molecule has 0 aliphatic carbocycles. The van der Waals surface area contributed by atoms with Gasteiger partial charge in [-0.2, -0.15) is 0 Å². The maximum Gasteiger partial charge on any atom is 0.186 e. The topological polar surface area (TPSA) is 45.4 Å². The molecule has 1 fully saturated rings. The van der Waals surface area contributed by atoms with Gasteiger partial charge in [0.25, 0.3) is 0 Å². The lowest BCUT2D eigenvalue weighted by Gasteiger charge is -2.26. The molecule has 2 N–H and O–H groups in total. The van der Waals surface area contributed by atoms with Crippen molar-refractivity contribution in [3.63, 3.8) is 0 Å². The molecule has 2 heterocycles. The molecule has 0 amide bonds. The maximum atomic E-state index is 5.80. The second kappa shape index (κ2) is 5.99. The number of thiazole rings is 1. The van der Waals surface area contributed by atoms with E-state index in [9.17, 15) is 0 Å². The average molecular weight is 268 g/mol. The van der Waals surface area contributed by atoms with Crippen molar-refractivity contribution in [3.8, 4) is 0 Å². The van der Waals surface area contributed by atoms with Crippen LogP contribution in [0.3, 0.4) is 0 Å². The van der Waals surface area contributed by atoms with Crippen molar-refractivity contribution in [1.82, 2.24) is 9.88 Å². The molecule has 2 rings (SSSR count). The van der Waals surface area contributed by atoms with E-state index < -0.39 is 0 Å². The first-order chi connectivity index (χ1) is 8.65. The van der Waals surface area contributed by atoms with Crippen LogP contribution in [0.1, 0.15) is 30.3 Å². The highest BCUT2D eigenvalue weighted by atomic mass is 32.1. The van der Waals surface area contributed by atoms with Crippen LogP contribution < -0.4 is 10.6 Å². The van der Waals surface area contributed by atoms with Gasteiger partial charge in [0.2, 0.25) is 0 Å². The molecule has 18 heavy (non-hydrogen) atoms. The largest absolute Gasteiger partial charge is 0.344 e. The van der Waals surface area contributed by atoms with Crippen molar-refractivity contribution < 1.29 is 0 Å². The summed E-state index contributed by atoms with van der Waals surface area (Å²) < 4.78 is 0. The lowest BCUT2D eigenvalue weighted by molar-refractivity contribution is 0.372. The van der Waals surface area contributed by atoms with Gasteiger partial charge in [-0.25, -0.2) is 4.98 Å². The molecule has 1 unspecified atom stereocenters. The summed E-state index contributed by atoms with van der Waals surface area (Å²) >= 11 is 1.78. The van der Waals surface area contributed by atoms with E-state index in [1.165, 1.54) is 28.5 Å². The molecule has 1 saturated heterocycles. The Hall–Kier alpha value is -0.650. The molecule has 0 aromatic carbocycles. The van der Waals surface area contributed by atoms with Crippen LogP contribution in [-0.4, -0.2) is 43.1 Å². The molecule has 1 aliphatic rings. The average Bonchev–Trinajstić information content (AvgIpc) is 2.93. The van der Waals surface area contributed by atoms with Crippen molar-refractivity contribution in [2.45, 2.75) is 38.8 Å². The normalized spacial score (nSPS) is 20.1. The van der Waals surface area contributed by atoms with Gasteiger partial charge in [-0.3, -0.25) is 0 Å². The van der Waals surface area contributed by atoms with Crippen LogP contribution in [0.25, 0.3) is 0 Å². The van der Waals surface area contributed by atoms with Gasteiger partial charge in [-0.05, 0) is 33.4 Å². The summed E-state index contributed by atoms with van der Waals surface area (Å²) in [6.45, 7) is 5.02. The first-order valence-corrected chi connectivity index (χ1v) is 7.57. The van der Waals surface area contributed by atoms with Gasteiger partial charge in [0.15, 0.2) is 5.13 Å². The zero-order chi connectivity index (χ0) is 13.1. The third-order valence-electron chi connectivity index (χ3n) is 3.49. The predicted octanol–water partition coefficient (Wildman–Crippen LogP) is 1.69. The molecule has 4 nitrogen and oxygen atoms in total. The van der Waals surface area contributed by atoms with Crippen LogP contribution in [0, 0.1) is 0 Å². The van der Waals surface area contributed by atoms with Gasteiger partial charge in [-0.15, -0.1) is 11.3 Å².